The largest absolute Gasteiger partial charge is 0.502 e. The van der Waals surface area contributed by atoms with Crippen molar-refractivity contribution in [2.75, 3.05) is 20.8 Å². The van der Waals surface area contributed by atoms with Gasteiger partial charge < -0.3 is 34.3 Å². The highest BCUT2D eigenvalue weighted by molar-refractivity contribution is 6.02. The van der Waals surface area contributed by atoms with Crippen LogP contribution in [0.5, 0.6) is 17.2 Å². The van der Waals surface area contributed by atoms with Gasteiger partial charge in [-0.05, 0) is 37.0 Å². The van der Waals surface area contributed by atoms with Crippen LogP contribution in [0.2, 0.25) is 0 Å². The Morgan fingerprint density at radius 2 is 1.73 bits per heavy atom. The number of hydrogen-bond donors (Lipinski definition) is 3. The molecule has 1 atom stereocenters. The Morgan fingerprint density at radius 3 is 2.15 bits per heavy atom. The Morgan fingerprint density at radius 1 is 1.15 bits per heavy atom. The van der Waals surface area contributed by atoms with E-state index in [9.17, 15) is 24.9 Å². The van der Waals surface area contributed by atoms with E-state index in [1.807, 2.05) is 0 Å². The molecule has 0 saturated carbocycles. The third-order valence-electron chi connectivity index (χ3n) is 4.15. The van der Waals surface area contributed by atoms with Crippen molar-refractivity contribution in [1.82, 2.24) is 0 Å². The van der Waals surface area contributed by atoms with Gasteiger partial charge in [-0.3, -0.25) is 0 Å². The summed E-state index contributed by atoms with van der Waals surface area (Å²) in [4.78, 5) is 23.7. The number of ether oxygens (including phenoxy) is 4. The van der Waals surface area contributed by atoms with E-state index in [0.29, 0.717) is 13.0 Å². The summed E-state index contributed by atoms with van der Waals surface area (Å²) in [6.45, 7) is 0.376. The first-order valence-corrected chi connectivity index (χ1v) is 8.04. The number of phenolic OH excluding ortho intramolecular Hbond substituents is 1. The summed E-state index contributed by atoms with van der Waals surface area (Å²) >= 11 is 0. The first-order chi connectivity index (χ1) is 12.3. The normalized spacial score (nSPS) is 17.5. The predicted octanol–water partition coefficient (Wildman–Crippen LogP) is 1.40. The second-order valence-corrected chi connectivity index (χ2v) is 5.88. The minimum Gasteiger partial charge on any atom is -0.502 e. The maximum Gasteiger partial charge on any atom is 0.348 e. The second kappa shape index (κ2) is 8.24. The van der Waals surface area contributed by atoms with Gasteiger partial charge in [0.1, 0.15) is 0 Å². The lowest BCUT2D eigenvalue weighted by atomic mass is 9.93. The van der Waals surface area contributed by atoms with E-state index in [2.05, 4.69) is 0 Å². The van der Waals surface area contributed by atoms with Gasteiger partial charge in [0.2, 0.25) is 5.75 Å². The minimum absolute atomic E-state index is 0.0259. The lowest BCUT2D eigenvalue weighted by molar-refractivity contribution is -0.236. The summed E-state index contributed by atoms with van der Waals surface area (Å²) in [7, 11) is 2.62. The lowest BCUT2D eigenvalue weighted by Gasteiger charge is -2.32. The third kappa shape index (κ3) is 4.00. The van der Waals surface area contributed by atoms with Crippen LogP contribution in [0.3, 0.4) is 0 Å². The highest BCUT2D eigenvalue weighted by Gasteiger charge is 2.50. The van der Waals surface area contributed by atoms with E-state index in [1.165, 1.54) is 26.4 Å². The number of phenols is 1. The smallest absolute Gasteiger partial charge is 0.348 e. The number of aliphatic carboxylic acids is 2. The van der Waals surface area contributed by atoms with Gasteiger partial charge in [0.05, 0.1) is 14.2 Å². The monoisotopic (exact) mass is 370 g/mol. The Hall–Kier alpha value is -2.52. The maximum atomic E-state index is 11.8. The van der Waals surface area contributed by atoms with Crippen LogP contribution in [0.25, 0.3) is 0 Å². The van der Waals surface area contributed by atoms with Gasteiger partial charge in [-0.15, -0.1) is 0 Å². The Labute approximate surface area is 150 Å². The molecule has 9 heteroatoms. The molecule has 1 saturated heterocycles. The number of carboxylic acids is 2. The molecule has 1 aliphatic rings. The van der Waals surface area contributed by atoms with E-state index in [4.69, 9.17) is 18.9 Å². The van der Waals surface area contributed by atoms with E-state index in [0.717, 1.165) is 12.8 Å². The molecular weight excluding hydrogens is 348 g/mol. The lowest BCUT2D eigenvalue weighted by Crippen LogP contribution is -2.53. The van der Waals surface area contributed by atoms with Gasteiger partial charge in [-0.2, -0.15) is 0 Å². The highest BCUT2D eigenvalue weighted by Crippen LogP contribution is 2.38. The van der Waals surface area contributed by atoms with Crippen LogP contribution in [0, 0.1) is 0 Å². The van der Waals surface area contributed by atoms with Crippen molar-refractivity contribution in [3.8, 4) is 17.2 Å². The number of benzene rings is 1. The van der Waals surface area contributed by atoms with E-state index in [1.54, 1.807) is 0 Å². The molecule has 2 rings (SSSR count). The molecule has 1 fully saturated rings. The first-order valence-electron chi connectivity index (χ1n) is 8.04. The molecule has 0 bridgehead atoms. The molecule has 0 radical (unpaired) electrons. The summed E-state index contributed by atoms with van der Waals surface area (Å²) in [5.74, 6) is -3.52. The molecule has 1 aromatic carbocycles. The van der Waals surface area contributed by atoms with Crippen LogP contribution < -0.4 is 9.47 Å². The fourth-order valence-corrected chi connectivity index (χ4v) is 2.75. The molecule has 1 aromatic rings. The molecule has 26 heavy (non-hydrogen) atoms. The summed E-state index contributed by atoms with van der Waals surface area (Å²) in [5.41, 5.74) is -2.30. The molecule has 144 valence electrons. The third-order valence-corrected chi connectivity index (χ3v) is 4.15. The molecule has 1 aliphatic heterocycles. The number of methoxy groups -OCH3 is 2. The molecular formula is C17H22O9. The molecule has 1 unspecified atom stereocenters. The molecule has 0 aromatic heterocycles. The van der Waals surface area contributed by atoms with Crippen LogP contribution in [0.4, 0.5) is 0 Å². The Balaban J connectivity index is 2.40. The number of aromatic hydroxyl groups is 1. The van der Waals surface area contributed by atoms with Gasteiger partial charge in [-0.25, -0.2) is 9.59 Å². The zero-order valence-corrected chi connectivity index (χ0v) is 14.6. The molecule has 3 N–H and O–H groups in total. The molecule has 0 aliphatic carbocycles. The average Bonchev–Trinajstić information content (AvgIpc) is 2.62. The van der Waals surface area contributed by atoms with Crippen molar-refractivity contribution in [2.24, 2.45) is 0 Å². The summed E-state index contributed by atoms with van der Waals surface area (Å²) in [6.07, 6.45) is 0.534. The molecule has 0 amide bonds. The zero-order valence-electron chi connectivity index (χ0n) is 14.6. The summed E-state index contributed by atoms with van der Waals surface area (Å²) in [5, 5.41) is 29.2. The average molecular weight is 370 g/mol. The van der Waals surface area contributed by atoms with E-state index >= 15 is 0 Å². The first kappa shape index (κ1) is 19.8. The van der Waals surface area contributed by atoms with Crippen LogP contribution >= 0.6 is 0 Å². The molecule has 0 spiro atoms. The minimum atomic E-state index is -2.55. The van der Waals surface area contributed by atoms with Crippen molar-refractivity contribution in [3.05, 3.63) is 17.7 Å². The van der Waals surface area contributed by atoms with Crippen molar-refractivity contribution >= 4 is 11.9 Å². The van der Waals surface area contributed by atoms with Gasteiger partial charge in [-0.1, -0.05) is 0 Å². The fourth-order valence-electron chi connectivity index (χ4n) is 2.75. The van der Waals surface area contributed by atoms with Crippen LogP contribution in [-0.2, 0) is 25.5 Å². The van der Waals surface area contributed by atoms with Gasteiger partial charge in [0.15, 0.2) is 17.8 Å². The van der Waals surface area contributed by atoms with Crippen molar-refractivity contribution < 1.29 is 43.9 Å². The van der Waals surface area contributed by atoms with Crippen LogP contribution in [0.1, 0.15) is 24.8 Å². The van der Waals surface area contributed by atoms with Crippen molar-refractivity contribution in [2.45, 2.75) is 37.6 Å². The Bertz CT molecular complexity index is 625. The molecule has 9 nitrogen and oxygen atoms in total. The zero-order chi connectivity index (χ0) is 19.3. The maximum absolute atomic E-state index is 11.8. The van der Waals surface area contributed by atoms with Gasteiger partial charge in [0.25, 0.3) is 5.60 Å². The van der Waals surface area contributed by atoms with Crippen LogP contribution in [-0.4, -0.2) is 60.0 Å². The topological polar surface area (TPSA) is 132 Å². The summed E-state index contributed by atoms with van der Waals surface area (Å²) in [6, 6.07) is 2.67. The van der Waals surface area contributed by atoms with Crippen LogP contribution in [0.15, 0.2) is 12.1 Å². The van der Waals surface area contributed by atoms with Crippen molar-refractivity contribution in [3.63, 3.8) is 0 Å². The predicted molar refractivity (Wildman–Crippen MR) is 87.6 cm³/mol. The summed E-state index contributed by atoms with van der Waals surface area (Å²) < 4.78 is 20.8. The molecule has 1 heterocycles. The quantitative estimate of drug-likeness (QED) is 0.581. The van der Waals surface area contributed by atoms with E-state index < -0.39 is 30.3 Å². The fraction of sp³-hybridized carbons (Fsp3) is 0.529. The van der Waals surface area contributed by atoms with E-state index in [-0.39, 0.29) is 22.8 Å². The SMILES string of the molecule is COc1cc(CC(OC2CCCCO2)(C(=O)O)C(=O)O)cc(OC)c1O. The number of carbonyl (C=O) groups is 2. The number of carboxylic acid groups (broad SMARTS) is 2. The highest BCUT2D eigenvalue weighted by atomic mass is 16.7. The standard InChI is InChI=1S/C17H22O9/c1-23-11-7-10(8-12(24-2)14(11)18)9-17(15(19)20,16(21)22)26-13-5-3-4-6-25-13/h7-8,13,18H,3-6,9H2,1-2H3,(H,19,20)(H,21,22). The Kier molecular flexibility index (Phi) is 6.27. The van der Waals surface area contributed by atoms with Crippen molar-refractivity contribution in [1.29, 1.82) is 0 Å². The van der Waals surface area contributed by atoms with Gasteiger partial charge in [0, 0.05) is 13.0 Å². The number of rotatable bonds is 8. The number of hydrogen-bond acceptors (Lipinski definition) is 7. The second-order valence-electron chi connectivity index (χ2n) is 5.88. The van der Waals surface area contributed by atoms with Gasteiger partial charge >= 0.3 is 11.9 Å².